The number of aliphatic hydroxyl groups is 2. The Morgan fingerprint density at radius 2 is 1.55 bits per heavy atom. The molecule has 0 saturated carbocycles. The second-order valence-corrected chi connectivity index (χ2v) is 16.8. The molecule has 8 atom stereocenters. The number of aliphatic hydroxyl groups excluding tert-OH is 2. The summed E-state index contributed by atoms with van der Waals surface area (Å²) in [7, 11) is 0. The number of carbonyl (C=O) groups is 10. The first-order valence-corrected chi connectivity index (χ1v) is 22.4. The fourth-order valence-corrected chi connectivity index (χ4v) is 7.36. The number of Topliss-reactive ketones (excluding diaryl/α,β-unsaturated/α-hetero) is 5. The van der Waals surface area contributed by atoms with Crippen LogP contribution in [0, 0.1) is 17.8 Å². The number of rotatable bonds is 17. The number of hydrogen-bond acceptors (Lipinski definition) is 14. The molecule has 1 aliphatic rings. The summed E-state index contributed by atoms with van der Waals surface area (Å²) in [4.78, 5) is 137. The quantitative estimate of drug-likeness (QED) is 0.0474. The summed E-state index contributed by atoms with van der Waals surface area (Å²) in [6.45, 7) is 3.22. The van der Waals surface area contributed by atoms with E-state index in [9.17, 15) is 58.2 Å². The maximum Gasteiger partial charge on any atom is 0.243 e. The molecule has 1 aromatic carbocycles. The molecule has 1 heterocycles. The Morgan fingerprint density at radius 1 is 0.864 bits per heavy atom. The Balaban J connectivity index is 2.56. The van der Waals surface area contributed by atoms with Gasteiger partial charge in [0.25, 0.3) is 0 Å². The minimum atomic E-state index is -1.38. The lowest BCUT2D eigenvalue weighted by molar-refractivity contribution is -0.136. The average Bonchev–Trinajstić information content (AvgIpc) is 3.26. The molecule has 0 aromatic heterocycles. The first-order valence-electron chi connectivity index (χ1n) is 22.4. The summed E-state index contributed by atoms with van der Waals surface area (Å²) < 4.78 is 0. The second kappa shape index (κ2) is 29.6. The lowest BCUT2D eigenvalue weighted by Crippen LogP contribution is -2.57. The lowest BCUT2D eigenvalue weighted by atomic mass is 9.81. The minimum absolute atomic E-state index is 0.0578. The third kappa shape index (κ3) is 21.4. The van der Waals surface area contributed by atoms with Crippen molar-refractivity contribution in [2.24, 2.45) is 39.9 Å². The van der Waals surface area contributed by atoms with Gasteiger partial charge in [-0.3, -0.25) is 52.9 Å². The van der Waals surface area contributed by atoms with E-state index in [0.717, 1.165) is 0 Å². The van der Waals surface area contributed by atoms with Gasteiger partial charge in [0.05, 0.1) is 31.2 Å². The van der Waals surface area contributed by atoms with Gasteiger partial charge in [-0.1, -0.05) is 36.8 Å². The number of amides is 5. The van der Waals surface area contributed by atoms with E-state index in [1.165, 1.54) is 20.8 Å². The van der Waals surface area contributed by atoms with Crippen LogP contribution in [0.15, 0.2) is 35.3 Å². The van der Waals surface area contributed by atoms with E-state index in [2.05, 4.69) is 31.6 Å². The van der Waals surface area contributed by atoms with Gasteiger partial charge in [-0.05, 0) is 58.4 Å². The number of carbonyl (C=O) groups excluding carboxylic acids is 10. The minimum Gasteiger partial charge on any atom is -0.393 e. The number of guanidine groups is 1. The topological polar surface area (TPSA) is 362 Å². The number of nitrogens with zero attached hydrogens (tertiary/aromatic N) is 1. The van der Waals surface area contributed by atoms with Gasteiger partial charge in [0.1, 0.15) is 41.3 Å². The Kier molecular flexibility index (Phi) is 25.2. The number of hydrogen-bond donors (Lipinski definition) is 10. The zero-order chi connectivity index (χ0) is 49.3. The number of ketones is 5. The molecule has 21 nitrogen and oxygen atoms in total. The van der Waals surface area contributed by atoms with Gasteiger partial charge in [-0.25, -0.2) is 0 Å². The molecule has 0 bridgehead atoms. The normalized spacial score (nSPS) is 22.7. The van der Waals surface area contributed by atoms with E-state index >= 15 is 0 Å². The summed E-state index contributed by atoms with van der Waals surface area (Å²) in [6.07, 6.45) is -3.95. The summed E-state index contributed by atoms with van der Waals surface area (Å²) in [5.74, 6) is -9.67. The molecule has 1 saturated heterocycles. The molecule has 0 spiro atoms. The van der Waals surface area contributed by atoms with Crippen molar-refractivity contribution in [3.63, 3.8) is 0 Å². The van der Waals surface area contributed by atoms with Crippen LogP contribution >= 0.6 is 0 Å². The molecule has 66 heavy (non-hydrogen) atoms. The summed E-state index contributed by atoms with van der Waals surface area (Å²) >= 11 is 0. The highest BCUT2D eigenvalue weighted by Gasteiger charge is 2.34. The Morgan fingerprint density at radius 3 is 2.17 bits per heavy atom. The Hall–Kier alpha value is -5.93. The molecule has 0 aliphatic carbocycles. The van der Waals surface area contributed by atoms with Crippen LogP contribution in [0.1, 0.15) is 103 Å². The van der Waals surface area contributed by atoms with Crippen molar-refractivity contribution in [3.05, 3.63) is 35.9 Å². The van der Waals surface area contributed by atoms with Crippen LogP contribution in [-0.4, -0.2) is 131 Å². The van der Waals surface area contributed by atoms with Crippen molar-refractivity contribution in [1.82, 2.24) is 26.6 Å². The largest absolute Gasteiger partial charge is 0.393 e. The molecule has 21 heteroatoms. The van der Waals surface area contributed by atoms with Gasteiger partial charge in [-0.2, -0.15) is 0 Å². The molecular formula is C45H69N9O12. The second-order valence-electron chi connectivity index (χ2n) is 16.8. The molecular weight excluding hydrogens is 859 g/mol. The van der Waals surface area contributed by atoms with Crippen molar-refractivity contribution in [3.8, 4) is 0 Å². The van der Waals surface area contributed by atoms with Crippen LogP contribution < -0.4 is 43.8 Å². The van der Waals surface area contributed by atoms with Crippen LogP contribution in [0.5, 0.6) is 0 Å². The number of benzene rings is 1. The number of nitrogens with one attached hydrogen (secondary N) is 5. The maximum atomic E-state index is 14.1. The highest BCUT2D eigenvalue weighted by Crippen LogP contribution is 2.25. The third-order valence-electron chi connectivity index (χ3n) is 11.3. The Bertz CT molecular complexity index is 1870. The molecule has 13 N–H and O–H groups in total. The van der Waals surface area contributed by atoms with Crippen LogP contribution in [0.2, 0.25) is 0 Å². The number of nitrogens with two attached hydrogens (primary N) is 3. The van der Waals surface area contributed by atoms with Crippen LogP contribution in [0.3, 0.4) is 0 Å². The molecule has 1 aromatic rings. The lowest BCUT2D eigenvalue weighted by Gasteiger charge is -2.26. The van der Waals surface area contributed by atoms with Gasteiger partial charge in [0.15, 0.2) is 11.7 Å². The monoisotopic (exact) mass is 928 g/mol. The van der Waals surface area contributed by atoms with Crippen molar-refractivity contribution in [2.75, 3.05) is 26.2 Å². The Labute approximate surface area is 385 Å². The SMILES string of the molecule is CC(=O)[C@@H](CC(=O)[C@@H]1CCCCNC(=O)CC[C@H](NC(=O)CCC(=O)CN)C(=O)N[C@@H](CCCN=C(N)N)C(=O)N[C@@H](Cc2ccccc2)C(=O)NCC(=O)C[C@@H]([C@@H](C)O)C(=O)C1)[C@@H](C)O. The predicted octanol–water partition coefficient (Wildman–Crippen LogP) is -1.68. The standard InChI is InChI=1S/C45H69N9O12/c1-26(55)33(27(2)56)23-38(60)30-12-7-8-18-49-40(62)17-15-36(52-41(63)16-14-31(58)24-46)44(66)53-35(13-9-19-50-45(47)48)43(65)54-37(20-29-10-5-4-6-11-29)42(64)51-25-32(59)22-34(28(3)57)39(61)21-30/h4-6,10-11,26,28,30,33-37,55,57H,7-9,12-25,46H2,1-3H3,(H,49,62)(H,51,64)(H,52,63)(H,53,66)(H,54,65)(H4,47,48,50)/t26-,28-,30-,33+,34+,35+,36+,37+/m1/s1. The smallest absolute Gasteiger partial charge is 0.243 e. The zero-order valence-corrected chi connectivity index (χ0v) is 38.2. The summed E-state index contributed by atoms with van der Waals surface area (Å²) in [5, 5.41) is 33.9. The van der Waals surface area contributed by atoms with Gasteiger partial charge in [-0.15, -0.1) is 0 Å². The van der Waals surface area contributed by atoms with Gasteiger partial charge < -0.3 is 54.0 Å². The molecule has 0 radical (unpaired) electrons. The molecule has 0 unspecified atom stereocenters. The van der Waals surface area contributed by atoms with Crippen molar-refractivity contribution < 1.29 is 58.2 Å². The fourth-order valence-electron chi connectivity index (χ4n) is 7.36. The van der Waals surface area contributed by atoms with Crippen LogP contribution in [0.4, 0.5) is 0 Å². The first kappa shape index (κ1) is 56.2. The van der Waals surface area contributed by atoms with E-state index < -0.39 is 126 Å². The summed E-state index contributed by atoms with van der Waals surface area (Å²) in [5.41, 5.74) is 16.9. The van der Waals surface area contributed by atoms with Gasteiger partial charge in [0, 0.05) is 69.9 Å². The maximum absolute atomic E-state index is 14.1. The zero-order valence-electron chi connectivity index (χ0n) is 38.2. The molecule has 2 rings (SSSR count). The van der Waals surface area contributed by atoms with Crippen molar-refractivity contribution in [2.45, 2.75) is 135 Å². The molecule has 1 fully saturated rings. The highest BCUT2D eigenvalue weighted by molar-refractivity contribution is 5.97. The van der Waals surface area contributed by atoms with E-state index in [1.807, 2.05) is 0 Å². The van der Waals surface area contributed by atoms with Gasteiger partial charge in [0.2, 0.25) is 29.5 Å². The number of aliphatic imine (C=N–C) groups is 1. The highest BCUT2D eigenvalue weighted by atomic mass is 16.3. The summed E-state index contributed by atoms with van der Waals surface area (Å²) in [6, 6.07) is 4.54. The van der Waals surface area contributed by atoms with Crippen molar-refractivity contribution >= 4 is 64.4 Å². The van der Waals surface area contributed by atoms with Gasteiger partial charge >= 0.3 is 0 Å². The first-order chi connectivity index (χ1) is 31.2. The van der Waals surface area contributed by atoms with E-state index in [1.54, 1.807) is 30.3 Å². The molecule has 366 valence electrons. The molecule has 1 aliphatic heterocycles. The predicted molar refractivity (Wildman–Crippen MR) is 242 cm³/mol. The van der Waals surface area contributed by atoms with E-state index in [0.29, 0.717) is 18.4 Å². The average molecular weight is 928 g/mol. The van der Waals surface area contributed by atoms with Crippen LogP contribution in [0.25, 0.3) is 0 Å². The third-order valence-corrected chi connectivity index (χ3v) is 11.3. The van der Waals surface area contributed by atoms with E-state index in [-0.39, 0.29) is 83.4 Å². The fraction of sp³-hybridized carbons (Fsp3) is 0.622. The van der Waals surface area contributed by atoms with Crippen LogP contribution in [-0.2, 0) is 54.4 Å². The van der Waals surface area contributed by atoms with Crippen molar-refractivity contribution in [1.29, 1.82) is 0 Å². The molecule has 5 amide bonds. The van der Waals surface area contributed by atoms with E-state index in [4.69, 9.17) is 17.2 Å².